The quantitative estimate of drug-likeness (QED) is 0.800. The highest BCUT2D eigenvalue weighted by Crippen LogP contribution is 2.25. The molecular formula is C17H17FN4. The Morgan fingerprint density at radius 1 is 1.05 bits per heavy atom. The van der Waals surface area contributed by atoms with Crippen LogP contribution in [-0.4, -0.2) is 15.0 Å². The number of rotatable bonds is 4. The second kappa shape index (κ2) is 5.97. The van der Waals surface area contributed by atoms with E-state index in [1.807, 2.05) is 12.1 Å². The molecule has 1 heterocycles. The SMILES string of the molecule is CCCc1ccc(-c2nnn(-c3ccc(F)cc3)c2N)cc1. The Morgan fingerprint density at radius 3 is 2.36 bits per heavy atom. The number of nitrogens with two attached hydrogens (primary N) is 1. The van der Waals surface area contributed by atoms with Gasteiger partial charge in [0.1, 0.15) is 11.5 Å². The van der Waals surface area contributed by atoms with E-state index in [-0.39, 0.29) is 5.82 Å². The van der Waals surface area contributed by atoms with Crippen LogP contribution in [0.25, 0.3) is 16.9 Å². The molecule has 2 N–H and O–H groups in total. The van der Waals surface area contributed by atoms with Gasteiger partial charge in [-0.15, -0.1) is 5.10 Å². The third kappa shape index (κ3) is 2.70. The fraction of sp³-hybridized carbons (Fsp3) is 0.176. The number of halogens is 1. The van der Waals surface area contributed by atoms with Crippen molar-refractivity contribution in [2.75, 3.05) is 5.73 Å². The molecule has 1 aromatic heterocycles. The monoisotopic (exact) mass is 296 g/mol. The van der Waals surface area contributed by atoms with Gasteiger partial charge in [0.2, 0.25) is 0 Å². The fourth-order valence-electron chi connectivity index (χ4n) is 2.39. The average molecular weight is 296 g/mol. The molecule has 0 aliphatic rings. The topological polar surface area (TPSA) is 56.7 Å². The van der Waals surface area contributed by atoms with Gasteiger partial charge in [-0.25, -0.2) is 4.39 Å². The lowest BCUT2D eigenvalue weighted by Gasteiger charge is -2.04. The van der Waals surface area contributed by atoms with E-state index in [0.717, 1.165) is 18.4 Å². The molecule has 112 valence electrons. The lowest BCUT2D eigenvalue weighted by Crippen LogP contribution is -2.02. The number of hydrogen-bond acceptors (Lipinski definition) is 3. The summed E-state index contributed by atoms with van der Waals surface area (Å²) in [7, 11) is 0. The predicted molar refractivity (Wildman–Crippen MR) is 85.2 cm³/mol. The summed E-state index contributed by atoms with van der Waals surface area (Å²) in [5.74, 6) is 0.143. The highest BCUT2D eigenvalue weighted by Gasteiger charge is 2.13. The summed E-state index contributed by atoms with van der Waals surface area (Å²) in [5, 5.41) is 8.22. The maximum absolute atomic E-state index is 13.0. The van der Waals surface area contributed by atoms with Crippen molar-refractivity contribution in [1.29, 1.82) is 0 Å². The van der Waals surface area contributed by atoms with E-state index in [2.05, 4.69) is 29.4 Å². The predicted octanol–water partition coefficient (Wildman–Crippen LogP) is 3.61. The van der Waals surface area contributed by atoms with Gasteiger partial charge in [-0.05, 0) is 36.2 Å². The third-order valence-corrected chi connectivity index (χ3v) is 3.54. The molecule has 0 radical (unpaired) electrons. The highest BCUT2D eigenvalue weighted by molar-refractivity contribution is 5.71. The standard InChI is InChI=1S/C17H17FN4/c1-2-3-12-4-6-13(7-5-12)16-17(19)22(21-20-16)15-10-8-14(18)9-11-15/h4-11H,2-3,19H2,1H3. The van der Waals surface area contributed by atoms with Crippen LogP contribution in [0.15, 0.2) is 48.5 Å². The van der Waals surface area contributed by atoms with Crippen molar-refractivity contribution in [2.24, 2.45) is 0 Å². The Balaban J connectivity index is 1.94. The largest absolute Gasteiger partial charge is 0.382 e. The Hall–Kier alpha value is -2.69. The van der Waals surface area contributed by atoms with Gasteiger partial charge in [0.15, 0.2) is 5.82 Å². The molecule has 5 heteroatoms. The van der Waals surface area contributed by atoms with Crippen LogP contribution in [0.1, 0.15) is 18.9 Å². The van der Waals surface area contributed by atoms with Crippen molar-refractivity contribution < 1.29 is 4.39 Å². The second-order valence-electron chi connectivity index (χ2n) is 5.16. The first kappa shape index (κ1) is 14.3. The Bertz CT molecular complexity index is 760. The highest BCUT2D eigenvalue weighted by atomic mass is 19.1. The third-order valence-electron chi connectivity index (χ3n) is 3.54. The Labute approximate surface area is 128 Å². The summed E-state index contributed by atoms with van der Waals surface area (Å²) in [6.45, 7) is 2.15. The van der Waals surface area contributed by atoms with E-state index in [4.69, 9.17) is 5.73 Å². The molecule has 0 amide bonds. The molecule has 0 unspecified atom stereocenters. The first-order valence-electron chi connectivity index (χ1n) is 7.25. The molecule has 22 heavy (non-hydrogen) atoms. The fourth-order valence-corrected chi connectivity index (χ4v) is 2.39. The van der Waals surface area contributed by atoms with Gasteiger partial charge in [0.05, 0.1) is 5.69 Å². The van der Waals surface area contributed by atoms with E-state index < -0.39 is 0 Å². The van der Waals surface area contributed by atoms with E-state index in [1.165, 1.54) is 22.4 Å². The van der Waals surface area contributed by atoms with Gasteiger partial charge in [-0.1, -0.05) is 42.8 Å². The summed E-state index contributed by atoms with van der Waals surface area (Å²) in [6.07, 6.45) is 2.17. The van der Waals surface area contributed by atoms with Crippen molar-refractivity contribution in [2.45, 2.75) is 19.8 Å². The summed E-state index contributed by atoms with van der Waals surface area (Å²) in [4.78, 5) is 0. The number of aromatic nitrogens is 3. The van der Waals surface area contributed by atoms with Crippen molar-refractivity contribution in [3.05, 3.63) is 59.9 Å². The van der Waals surface area contributed by atoms with Gasteiger partial charge in [0, 0.05) is 5.56 Å². The van der Waals surface area contributed by atoms with Crippen LogP contribution in [0.5, 0.6) is 0 Å². The van der Waals surface area contributed by atoms with Crippen LogP contribution in [0.2, 0.25) is 0 Å². The van der Waals surface area contributed by atoms with Crippen molar-refractivity contribution in [3.8, 4) is 16.9 Å². The molecule has 0 atom stereocenters. The first-order valence-corrected chi connectivity index (χ1v) is 7.25. The van der Waals surface area contributed by atoms with Crippen LogP contribution in [0.3, 0.4) is 0 Å². The molecule has 0 saturated carbocycles. The smallest absolute Gasteiger partial charge is 0.155 e. The molecule has 4 nitrogen and oxygen atoms in total. The van der Waals surface area contributed by atoms with Crippen LogP contribution in [0.4, 0.5) is 10.2 Å². The number of nitrogen functional groups attached to an aromatic ring is 1. The molecule has 3 aromatic rings. The van der Waals surface area contributed by atoms with Crippen molar-refractivity contribution >= 4 is 5.82 Å². The maximum atomic E-state index is 13.0. The molecule has 0 fully saturated rings. The van der Waals surface area contributed by atoms with Gasteiger partial charge >= 0.3 is 0 Å². The molecule has 3 rings (SSSR count). The van der Waals surface area contributed by atoms with Gasteiger partial charge < -0.3 is 5.73 Å². The molecule has 0 aliphatic heterocycles. The zero-order valence-electron chi connectivity index (χ0n) is 12.3. The lowest BCUT2D eigenvalue weighted by atomic mass is 10.1. The maximum Gasteiger partial charge on any atom is 0.155 e. The van der Waals surface area contributed by atoms with E-state index >= 15 is 0 Å². The lowest BCUT2D eigenvalue weighted by molar-refractivity contribution is 0.627. The first-order chi connectivity index (χ1) is 10.7. The summed E-state index contributed by atoms with van der Waals surface area (Å²) in [5.41, 5.74) is 9.67. The van der Waals surface area contributed by atoms with Crippen LogP contribution < -0.4 is 5.73 Å². The molecule has 0 spiro atoms. The Morgan fingerprint density at radius 2 is 1.73 bits per heavy atom. The van der Waals surface area contributed by atoms with E-state index in [0.29, 0.717) is 17.2 Å². The molecule has 2 aromatic carbocycles. The number of aryl methyl sites for hydroxylation is 1. The average Bonchev–Trinajstić information content (AvgIpc) is 2.91. The number of nitrogens with zero attached hydrogens (tertiary/aromatic N) is 3. The minimum Gasteiger partial charge on any atom is -0.382 e. The van der Waals surface area contributed by atoms with Crippen LogP contribution >= 0.6 is 0 Å². The summed E-state index contributed by atoms with van der Waals surface area (Å²) < 4.78 is 14.5. The van der Waals surface area contributed by atoms with Crippen molar-refractivity contribution in [1.82, 2.24) is 15.0 Å². The van der Waals surface area contributed by atoms with Gasteiger partial charge in [-0.2, -0.15) is 4.68 Å². The zero-order valence-corrected chi connectivity index (χ0v) is 12.3. The van der Waals surface area contributed by atoms with Gasteiger partial charge in [0.25, 0.3) is 0 Å². The normalized spacial score (nSPS) is 10.8. The van der Waals surface area contributed by atoms with Gasteiger partial charge in [-0.3, -0.25) is 0 Å². The molecular weight excluding hydrogens is 279 g/mol. The van der Waals surface area contributed by atoms with E-state index in [9.17, 15) is 4.39 Å². The Kier molecular flexibility index (Phi) is 3.87. The minimum atomic E-state index is -0.297. The second-order valence-corrected chi connectivity index (χ2v) is 5.16. The van der Waals surface area contributed by atoms with Crippen LogP contribution in [0, 0.1) is 5.82 Å². The number of benzene rings is 2. The summed E-state index contributed by atoms with van der Waals surface area (Å²) in [6, 6.07) is 14.1. The molecule has 0 saturated heterocycles. The number of anilines is 1. The molecule has 0 aliphatic carbocycles. The van der Waals surface area contributed by atoms with Crippen LogP contribution in [-0.2, 0) is 6.42 Å². The molecule has 0 bridgehead atoms. The summed E-state index contributed by atoms with van der Waals surface area (Å²) >= 11 is 0. The zero-order chi connectivity index (χ0) is 15.5. The minimum absolute atomic E-state index is 0.297. The van der Waals surface area contributed by atoms with Crippen molar-refractivity contribution in [3.63, 3.8) is 0 Å². The number of hydrogen-bond donors (Lipinski definition) is 1. The van der Waals surface area contributed by atoms with E-state index in [1.54, 1.807) is 12.1 Å².